The standard InChI is InChI=1S/C3H11NO9P2S/c4-3(12-14(5)6,13-15(7)8)1-2-16(9,10)11/h14-15H,1-2,4H2,(H,5,6)(H,7,8)(H,9,10,11). The van der Waals surface area contributed by atoms with Gasteiger partial charge in [-0.1, -0.05) is 0 Å². The normalized spacial score (nSPS) is 20.0. The Bertz CT molecular complexity index is 362. The van der Waals surface area contributed by atoms with Crippen LogP contribution in [0.4, 0.5) is 0 Å². The molecule has 0 aromatic rings. The van der Waals surface area contributed by atoms with Crippen LogP contribution in [0.2, 0.25) is 0 Å². The quantitative estimate of drug-likeness (QED) is 0.250. The van der Waals surface area contributed by atoms with Gasteiger partial charge < -0.3 is 9.79 Å². The maximum absolute atomic E-state index is 10.4. The average molecular weight is 299 g/mol. The van der Waals surface area contributed by atoms with Crippen molar-refractivity contribution in [3.05, 3.63) is 0 Å². The molecule has 0 heterocycles. The maximum Gasteiger partial charge on any atom is 0.320 e. The molecule has 13 heteroatoms. The minimum atomic E-state index is -4.41. The Kier molecular flexibility index (Phi) is 6.26. The monoisotopic (exact) mass is 299 g/mol. The first-order valence-corrected chi connectivity index (χ1v) is 7.76. The lowest BCUT2D eigenvalue weighted by molar-refractivity contribution is -0.111. The van der Waals surface area contributed by atoms with Crippen molar-refractivity contribution in [3.8, 4) is 0 Å². The zero-order valence-electron chi connectivity index (χ0n) is 7.69. The SMILES string of the molecule is NC(CCS(=O)(=O)O)(O[PH](=O)O)O[PH](=O)O. The van der Waals surface area contributed by atoms with Crippen molar-refractivity contribution < 1.29 is 40.9 Å². The zero-order valence-corrected chi connectivity index (χ0v) is 10.5. The van der Waals surface area contributed by atoms with E-state index in [1.807, 2.05) is 0 Å². The number of rotatable bonds is 7. The van der Waals surface area contributed by atoms with Gasteiger partial charge in [-0.15, -0.1) is 0 Å². The van der Waals surface area contributed by atoms with Crippen molar-refractivity contribution in [3.63, 3.8) is 0 Å². The van der Waals surface area contributed by atoms with Gasteiger partial charge in [-0.2, -0.15) is 8.42 Å². The largest absolute Gasteiger partial charge is 0.326 e. The van der Waals surface area contributed by atoms with Crippen LogP contribution in [-0.4, -0.2) is 34.4 Å². The molecule has 0 bridgehead atoms. The Morgan fingerprint density at radius 1 is 1.19 bits per heavy atom. The van der Waals surface area contributed by atoms with E-state index >= 15 is 0 Å². The summed E-state index contributed by atoms with van der Waals surface area (Å²) in [5.41, 5.74) is 5.12. The van der Waals surface area contributed by atoms with Crippen LogP contribution in [0.3, 0.4) is 0 Å². The number of hydrogen-bond donors (Lipinski definition) is 4. The maximum atomic E-state index is 10.4. The fraction of sp³-hybridized carbons (Fsp3) is 1.00. The van der Waals surface area contributed by atoms with Crippen LogP contribution >= 0.6 is 16.5 Å². The van der Waals surface area contributed by atoms with E-state index in [0.717, 1.165) is 0 Å². The van der Waals surface area contributed by atoms with E-state index in [-0.39, 0.29) is 0 Å². The molecule has 10 nitrogen and oxygen atoms in total. The van der Waals surface area contributed by atoms with Crippen LogP contribution in [0.25, 0.3) is 0 Å². The molecule has 0 spiro atoms. The summed E-state index contributed by atoms with van der Waals surface area (Å²) in [6.45, 7) is 0. The summed E-state index contributed by atoms with van der Waals surface area (Å²) < 4.78 is 58.0. The Morgan fingerprint density at radius 2 is 1.56 bits per heavy atom. The van der Waals surface area contributed by atoms with Gasteiger partial charge in [0.2, 0.25) is 5.91 Å². The predicted molar refractivity (Wildman–Crippen MR) is 52.6 cm³/mol. The van der Waals surface area contributed by atoms with Crippen molar-refractivity contribution in [2.45, 2.75) is 12.3 Å². The van der Waals surface area contributed by atoms with Crippen LogP contribution in [0, 0.1) is 0 Å². The highest BCUT2D eigenvalue weighted by molar-refractivity contribution is 7.85. The van der Waals surface area contributed by atoms with Crippen molar-refractivity contribution in [1.82, 2.24) is 0 Å². The van der Waals surface area contributed by atoms with E-state index in [0.29, 0.717) is 0 Å². The van der Waals surface area contributed by atoms with E-state index in [9.17, 15) is 17.5 Å². The van der Waals surface area contributed by atoms with Crippen LogP contribution in [-0.2, 0) is 28.3 Å². The second-order valence-corrected chi connectivity index (χ2v) is 5.63. The summed E-state index contributed by atoms with van der Waals surface area (Å²) in [4.78, 5) is 16.8. The summed E-state index contributed by atoms with van der Waals surface area (Å²) in [5.74, 6) is -3.49. The summed E-state index contributed by atoms with van der Waals surface area (Å²) >= 11 is 0. The topological polar surface area (TPSA) is 173 Å². The molecule has 0 fully saturated rings. The first kappa shape index (κ1) is 16.2. The molecule has 0 aliphatic carbocycles. The molecule has 2 unspecified atom stereocenters. The third-order valence-electron chi connectivity index (χ3n) is 1.23. The van der Waals surface area contributed by atoms with Gasteiger partial charge in [0.15, 0.2) is 0 Å². The fourth-order valence-electron chi connectivity index (χ4n) is 0.690. The molecular weight excluding hydrogens is 288 g/mol. The number of hydrogen-bond acceptors (Lipinski definition) is 7. The molecule has 98 valence electrons. The van der Waals surface area contributed by atoms with Crippen LogP contribution in [0.5, 0.6) is 0 Å². The van der Waals surface area contributed by atoms with Gasteiger partial charge in [0.25, 0.3) is 10.1 Å². The summed E-state index contributed by atoms with van der Waals surface area (Å²) in [6.07, 6.45) is -0.792. The van der Waals surface area contributed by atoms with Gasteiger partial charge >= 0.3 is 16.5 Å². The highest BCUT2D eigenvalue weighted by Gasteiger charge is 2.32. The molecule has 2 atom stereocenters. The minimum Gasteiger partial charge on any atom is -0.326 e. The van der Waals surface area contributed by atoms with Crippen LogP contribution in [0.15, 0.2) is 0 Å². The lowest BCUT2D eigenvalue weighted by Gasteiger charge is -2.25. The van der Waals surface area contributed by atoms with Gasteiger partial charge in [0, 0.05) is 6.42 Å². The van der Waals surface area contributed by atoms with Crippen LogP contribution in [0.1, 0.15) is 6.42 Å². The van der Waals surface area contributed by atoms with E-state index in [1.54, 1.807) is 0 Å². The second kappa shape index (κ2) is 6.20. The van der Waals surface area contributed by atoms with Crippen molar-refractivity contribution in [1.29, 1.82) is 0 Å². The van der Waals surface area contributed by atoms with E-state index in [2.05, 4.69) is 9.05 Å². The molecule has 0 radical (unpaired) electrons. The van der Waals surface area contributed by atoms with Crippen molar-refractivity contribution in [2.24, 2.45) is 5.73 Å². The predicted octanol–water partition coefficient (Wildman–Crippen LogP) is -1.33. The highest BCUT2D eigenvalue weighted by atomic mass is 32.2. The average Bonchev–Trinajstić information content (AvgIpc) is 1.96. The van der Waals surface area contributed by atoms with Gasteiger partial charge in [-0.3, -0.25) is 28.5 Å². The first-order chi connectivity index (χ1) is 7.04. The molecular formula is C3H11NO9P2S. The van der Waals surface area contributed by atoms with Gasteiger partial charge in [-0.05, 0) is 0 Å². The van der Waals surface area contributed by atoms with Crippen molar-refractivity contribution >= 4 is 26.6 Å². The summed E-state index contributed by atoms with van der Waals surface area (Å²) in [7, 11) is -11.6. The van der Waals surface area contributed by atoms with E-state index in [4.69, 9.17) is 20.1 Å². The molecule has 0 aromatic carbocycles. The zero-order chi connectivity index (χ0) is 13.0. The lowest BCUT2D eigenvalue weighted by atomic mass is 10.4. The van der Waals surface area contributed by atoms with Gasteiger partial charge in [0.1, 0.15) is 0 Å². The van der Waals surface area contributed by atoms with E-state index in [1.165, 1.54) is 0 Å². The second-order valence-electron chi connectivity index (χ2n) is 2.58. The van der Waals surface area contributed by atoms with E-state index < -0.39 is 44.7 Å². The molecule has 5 N–H and O–H groups in total. The van der Waals surface area contributed by atoms with Crippen molar-refractivity contribution in [2.75, 3.05) is 5.75 Å². The Labute approximate surface area is 92.0 Å². The molecule has 0 aromatic heterocycles. The Morgan fingerprint density at radius 3 is 1.81 bits per heavy atom. The third kappa shape index (κ3) is 8.34. The van der Waals surface area contributed by atoms with Gasteiger partial charge in [-0.25, -0.2) is 0 Å². The summed E-state index contributed by atoms with van der Waals surface area (Å²) in [6, 6.07) is 0. The lowest BCUT2D eigenvalue weighted by Crippen LogP contribution is -2.43. The fourth-order valence-corrected chi connectivity index (χ4v) is 2.19. The Hall–Kier alpha value is 0.170. The molecule has 0 amide bonds. The molecule has 16 heavy (non-hydrogen) atoms. The highest BCUT2D eigenvalue weighted by Crippen LogP contribution is 2.33. The summed E-state index contributed by atoms with van der Waals surface area (Å²) in [5, 5.41) is 0. The molecule has 0 saturated heterocycles. The third-order valence-corrected chi connectivity index (χ3v) is 2.99. The molecule has 0 aliphatic rings. The smallest absolute Gasteiger partial charge is 0.320 e. The number of nitrogens with two attached hydrogens (primary N) is 1. The molecule has 0 aliphatic heterocycles. The molecule has 0 saturated carbocycles. The molecule has 0 rings (SSSR count). The van der Waals surface area contributed by atoms with Crippen LogP contribution < -0.4 is 5.73 Å². The minimum absolute atomic E-state index is 0.792. The van der Waals surface area contributed by atoms with Gasteiger partial charge in [0.05, 0.1) is 5.75 Å². The Balaban J connectivity index is 4.65. The first-order valence-electron chi connectivity index (χ1n) is 3.62.